The normalized spacial score (nSPS) is 19.2. The zero-order chi connectivity index (χ0) is 12.1. The van der Waals surface area contributed by atoms with E-state index in [0.29, 0.717) is 13.0 Å². The second-order valence-electron chi connectivity index (χ2n) is 4.25. The fourth-order valence-corrected chi connectivity index (χ4v) is 2.37. The molecular weight excluding hydrogens is 282 g/mol. The fraction of sp³-hybridized carbons (Fsp3) is 0.462. The first-order valence-electron chi connectivity index (χ1n) is 5.87. The Morgan fingerprint density at radius 1 is 1.53 bits per heavy atom. The molecule has 1 saturated heterocycles. The summed E-state index contributed by atoms with van der Waals surface area (Å²) in [5, 5.41) is 2.91. The summed E-state index contributed by atoms with van der Waals surface area (Å²) < 4.78 is 6.45. The average Bonchev–Trinajstić information content (AvgIpc) is 2.79. The monoisotopic (exact) mass is 297 g/mol. The maximum Gasteiger partial charge on any atom is 0.224 e. The summed E-state index contributed by atoms with van der Waals surface area (Å²) >= 11 is 3.39. The van der Waals surface area contributed by atoms with Crippen LogP contribution in [0.2, 0.25) is 0 Å². The molecule has 1 amide bonds. The number of hydrogen-bond donors (Lipinski definition) is 1. The van der Waals surface area contributed by atoms with Gasteiger partial charge in [0.25, 0.3) is 0 Å². The Morgan fingerprint density at radius 2 is 2.41 bits per heavy atom. The van der Waals surface area contributed by atoms with Gasteiger partial charge in [0.2, 0.25) is 5.91 Å². The maximum atomic E-state index is 11.7. The molecule has 2 rings (SSSR count). The highest BCUT2D eigenvalue weighted by molar-refractivity contribution is 9.10. The molecule has 1 fully saturated rings. The van der Waals surface area contributed by atoms with Crippen molar-refractivity contribution in [3.63, 3.8) is 0 Å². The average molecular weight is 298 g/mol. The summed E-state index contributed by atoms with van der Waals surface area (Å²) in [7, 11) is 0. The second-order valence-corrected chi connectivity index (χ2v) is 5.16. The van der Waals surface area contributed by atoms with E-state index in [0.717, 1.165) is 29.5 Å². The maximum absolute atomic E-state index is 11.7. The zero-order valence-corrected chi connectivity index (χ0v) is 11.2. The molecule has 17 heavy (non-hydrogen) atoms. The molecule has 0 bridgehead atoms. The van der Waals surface area contributed by atoms with Gasteiger partial charge in [0.1, 0.15) is 0 Å². The highest BCUT2D eigenvalue weighted by Crippen LogP contribution is 2.13. The van der Waals surface area contributed by atoms with Crippen LogP contribution in [0.4, 0.5) is 0 Å². The van der Waals surface area contributed by atoms with Crippen LogP contribution in [0.3, 0.4) is 0 Å². The molecule has 1 aliphatic heterocycles. The summed E-state index contributed by atoms with van der Waals surface area (Å²) in [5.74, 6) is 0.0543. The van der Waals surface area contributed by atoms with E-state index in [1.807, 2.05) is 24.3 Å². The Hall–Kier alpha value is -0.870. The highest BCUT2D eigenvalue weighted by Gasteiger charge is 2.16. The van der Waals surface area contributed by atoms with E-state index < -0.39 is 0 Å². The van der Waals surface area contributed by atoms with Gasteiger partial charge in [-0.25, -0.2) is 0 Å². The molecule has 92 valence electrons. The second kappa shape index (κ2) is 6.17. The minimum Gasteiger partial charge on any atom is -0.376 e. The number of carbonyl (C=O) groups excluding carboxylic acids is 1. The van der Waals surface area contributed by atoms with Crippen molar-refractivity contribution in [2.24, 2.45) is 0 Å². The van der Waals surface area contributed by atoms with E-state index in [1.54, 1.807) is 0 Å². The van der Waals surface area contributed by atoms with E-state index in [2.05, 4.69) is 21.2 Å². The quantitative estimate of drug-likeness (QED) is 0.926. The van der Waals surface area contributed by atoms with Gasteiger partial charge in [-0.2, -0.15) is 0 Å². The first-order chi connectivity index (χ1) is 8.24. The van der Waals surface area contributed by atoms with Crippen LogP contribution in [0.1, 0.15) is 18.4 Å². The van der Waals surface area contributed by atoms with Gasteiger partial charge >= 0.3 is 0 Å². The molecule has 1 aliphatic rings. The summed E-state index contributed by atoms with van der Waals surface area (Å²) in [6.07, 6.45) is 2.79. The molecule has 0 aliphatic carbocycles. The molecule has 1 heterocycles. The van der Waals surface area contributed by atoms with Gasteiger partial charge in [-0.05, 0) is 30.5 Å². The lowest BCUT2D eigenvalue weighted by atomic mass is 10.1. The standard InChI is InChI=1S/C13H16BrNO2/c14-11-4-1-3-10(7-11)8-13(16)15-9-12-5-2-6-17-12/h1,3-4,7,12H,2,5-6,8-9H2,(H,15,16)/t12-/m0/s1. The summed E-state index contributed by atoms with van der Waals surface area (Å²) in [5.41, 5.74) is 1.02. The molecule has 0 saturated carbocycles. The molecule has 1 aromatic carbocycles. The summed E-state index contributed by atoms with van der Waals surface area (Å²) in [4.78, 5) is 11.7. The molecule has 1 N–H and O–H groups in total. The third-order valence-electron chi connectivity index (χ3n) is 2.80. The lowest BCUT2D eigenvalue weighted by Gasteiger charge is -2.10. The Balaban J connectivity index is 1.76. The van der Waals surface area contributed by atoms with Crippen molar-refractivity contribution in [3.8, 4) is 0 Å². The number of amides is 1. The number of nitrogens with one attached hydrogen (secondary N) is 1. The molecule has 1 aromatic rings. The van der Waals surface area contributed by atoms with E-state index in [4.69, 9.17) is 4.74 Å². The van der Waals surface area contributed by atoms with Crippen LogP contribution in [-0.4, -0.2) is 25.2 Å². The van der Waals surface area contributed by atoms with Gasteiger partial charge in [-0.3, -0.25) is 4.79 Å². The predicted molar refractivity (Wildman–Crippen MR) is 69.8 cm³/mol. The van der Waals surface area contributed by atoms with Crippen LogP contribution in [0.5, 0.6) is 0 Å². The number of rotatable bonds is 4. The summed E-state index contributed by atoms with van der Waals surface area (Å²) in [6.45, 7) is 1.46. The highest BCUT2D eigenvalue weighted by atomic mass is 79.9. The molecule has 0 aromatic heterocycles. The number of hydrogen-bond acceptors (Lipinski definition) is 2. The Morgan fingerprint density at radius 3 is 3.12 bits per heavy atom. The number of halogens is 1. The van der Waals surface area contributed by atoms with Crippen molar-refractivity contribution < 1.29 is 9.53 Å². The molecule has 4 heteroatoms. The minimum absolute atomic E-state index is 0.0543. The Labute approximate surface area is 110 Å². The molecule has 0 spiro atoms. The van der Waals surface area contributed by atoms with Crippen LogP contribution in [0.15, 0.2) is 28.7 Å². The van der Waals surface area contributed by atoms with Crippen molar-refractivity contribution in [1.82, 2.24) is 5.32 Å². The molecule has 0 radical (unpaired) electrons. The third kappa shape index (κ3) is 4.13. The SMILES string of the molecule is O=C(Cc1cccc(Br)c1)NC[C@@H]1CCCO1. The van der Waals surface area contributed by atoms with Crippen molar-refractivity contribution >= 4 is 21.8 Å². The minimum atomic E-state index is 0.0543. The Bertz CT molecular complexity index is 389. The van der Waals surface area contributed by atoms with Gasteiger partial charge in [0.05, 0.1) is 12.5 Å². The smallest absolute Gasteiger partial charge is 0.224 e. The van der Waals surface area contributed by atoms with Gasteiger partial charge in [0, 0.05) is 17.6 Å². The molecular formula is C13H16BrNO2. The number of carbonyl (C=O) groups is 1. The first-order valence-corrected chi connectivity index (χ1v) is 6.66. The fourth-order valence-electron chi connectivity index (χ4n) is 1.93. The van der Waals surface area contributed by atoms with Crippen LogP contribution < -0.4 is 5.32 Å². The lowest BCUT2D eigenvalue weighted by Crippen LogP contribution is -2.32. The largest absolute Gasteiger partial charge is 0.376 e. The van der Waals surface area contributed by atoms with E-state index in [1.165, 1.54) is 0 Å². The van der Waals surface area contributed by atoms with Gasteiger partial charge in [-0.1, -0.05) is 28.1 Å². The van der Waals surface area contributed by atoms with Crippen molar-refractivity contribution in [2.75, 3.05) is 13.2 Å². The van der Waals surface area contributed by atoms with E-state index in [-0.39, 0.29) is 12.0 Å². The van der Waals surface area contributed by atoms with E-state index >= 15 is 0 Å². The molecule has 0 unspecified atom stereocenters. The lowest BCUT2D eigenvalue weighted by molar-refractivity contribution is -0.120. The van der Waals surface area contributed by atoms with Crippen molar-refractivity contribution in [2.45, 2.75) is 25.4 Å². The third-order valence-corrected chi connectivity index (χ3v) is 3.30. The summed E-state index contributed by atoms with van der Waals surface area (Å²) in [6, 6.07) is 7.81. The number of ether oxygens (including phenoxy) is 1. The van der Waals surface area contributed by atoms with Gasteiger partial charge in [-0.15, -0.1) is 0 Å². The van der Waals surface area contributed by atoms with Crippen LogP contribution in [0.25, 0.3) is 0 Å². The topological polar surface area (TPSA) is 38.3 Å². The van der Waals surface area contributed by atoms with Gasteiger partial charge in [0.15, 0.2) is 0 Å². The van der Waals surface area contributed by atoms with Crippen LogP contribution in [-0.2, 0) is 16.0 Å². The molecule has 1 atom stereocenters. The van der Waals surface area contributed by atoms with Gasteiger partial charge < -0.3 is 10.1 Å². The van der Waals surface area contributed by atoms with Crippen LogP contribution in [0, 0.1) is 0 Å². The van der Waals surface area contributed by atoms with E-state index in [9.17, 15) is 4.79 Å². The molecule has 3 nitrogen and oxygen atoms in total. The number of benzene rings is 1. The zero-order valence-electron chi connectivity index (χ0n) is 9.62. The van der Waals surface area contributed by atoms with Crippen molar-refractivity contribution in [3.05, 3.63) is 34.3 Å². The predicted octanol–water partition coefficient (Wildman–Crippen LogP) is 2.29. The van der Waals surface area contributed by atoms with Crippen LogP contribution >= 0.6 is 15.9 Å². The Kier molecular flexibility index (Phi) is 4.57. The first kappa shape index (κ1) is 12.6. The van der Waals surface area contributed by atoms with Crippen molar-refractivity contribution in [1.29, 1.82) is 0 Å².